The molecule has 24 heavy (non-hydrogen) atoms. The fourth-order valence-corrected chi connectivity index (χ4v) is 4.57. The molecule has 0 spiro atoms. The van der Waals surface area contributed by atoms with Gasteiger partial charge < -0.3 is 0 Å². The third kappa shape index (κ3) is 4.46. The Bertz CT molecular complexity index is 580. The van der Waals surface area contributed by atoms with Gasteiger partial charge in [0, 0.05) is 0 Å². The van der Waals surface area contributed by atoms with Crippen LogP contribution in [0.4, 0.5) is 8.78 Å². The lowest BCUT2D eigenvalue weighted by Crippen LogP contribution is -2.14. The summed E-state index contributed by atoms with van der Waals surface area (Å²) in [5, 5.41) is 0. The van der Waals surface area contributed by atoms with Crippen LogP contribution < -0.4 is 0 Å². The predicted molar refractivity (Wildman–Crippen MR) is 96.9 cm³/mol. The summed E-state index contributed by atoms with van der Waals surface area (Å²) in [5.41, 5.74) is 3.15. The van der Waals surface area contributed by atoms with E-state index >= 15 is 0 Å². The summed E-state index contributed by atoms with van der Waals surface area (Å²) < 4.78 is 26.6. The highest BCUT2D eigenvalue weighted by Gasteiger charge is 2.20. The third-order valence-electron chi connectivity index (χ3n) is 5.98. The molecule has 0 radical (unpaired) electrons. The molecule has 0 aliphatic heterocycles. The average molecular weight is 332 g/mol. The number of halogens is 2. The van der Waals surface area contributed by atoms with Crippen molar-refractivity contribution in [1.29, 1.82) is 0 Å². The van der Waals surface area contributed by atoms with Crippen LogP contribution in [0.1, 0.15) is 82.3 Å². The second kappa shape index (κ2) is 8.27. The number of hydrogen-bond acceptors (Lipinski definition) is 0. The molecule has 1 aromatic rings. The molecule has 3 rings (SSSR count). The second-order valence-corrected chi connectivity index (χ2v) is 7.87. The quantitative estimate of drug-likeness (QED) is 0.468. The van der Waals surface area contributed by atoms with Gasteiger partial charge in [-0.25, -0.2) is 8.78 Å². The van der Waals surface area contributed by atoms with Crippen molar-refractivity contribution in [3.63, 3.8) is 0 Å². The number of unbranched alkanes of at least 4 members (excludes halogenated alkanes) is 1. The molecule has 0 atom stereocenters. The maximum absolute atomic E-state index is 13.3. The topological polar surface area (TPSA) is 0 Å². The van der Waals surface area contributed by atoms with E-state index in [1.807, 2.05) is 0 Å². The maximum Gasteiger partial charge on any atom is 0.159 e. The molecule has 0 nitrogen and oxygen atoms in total. The normalized spacial score (nSPS) is 23.2. The Morgan fingerprint density at radius 3 is 2.29 bits per heavy atom. The summed E-state index contributed by atoms with van der Waals surface area (Å²) in [6, 6.07) is 2.70. The van der Waals surface area contributed by atoms with Crippen LogP contribution in [0.15, 0.2) is 17.7 Å². The molecule has 2 aliphatic rings. The zero-order chi connectivity index (χ0) is 16.9. The smallest absolute Gasteiger partial charge is 0.159 e. The highest BCUT2D eigenvalue weighted by atomic mass is 19.2. The summed E-state index contributed by atoms with van der Waals surface area (Å²) >= 11 is 0. The van der Waals surface area contributed by atoms with Crippen LogP contribution in [0, 0.1) is 23.5 Å². The van der Waals surface area contributed by atoms with Crippen LogP contribution >= 0.6 is 0 Å². The van der Waals surface area contributed by atoms with Gasteiger partial charge in [0.05, 0.1) is 0 Å². The standard InChI is InChI=1S/C22H30F2/c1-2-5-16-8-10-17(11-9-16)6-3-4-7-18-12-19-14-21(23)22(24)15-20(19)13-18/h12,14-17H,2-11,13H2,1H3. The van der Waals surface area contributed by atoms with Crippen molar-refractivity contribution in [2.24, 2.45) is 11.8 Å². The Morgan fingerprint density at radius 1 is 0.917 bits per heavy atom. The molecular formula is C22H30F2. The zero-order valence-electron chi connectivity index (χ0n) is 14.9. The molecule has 1 aromatic carbocycles. The van der Waals surface area contributed by atoms with Gasteiger partial charge in [0.1, 0.15) is 0 Å². The van der Waals surface area contributed by atoms with Gasteiger partial charge in [-0.3, -0.25) is 0 Å². The minimum atomic E-state index is -0.732. The molecule has 0 bridgehead atoms. The van der Waals surface area contributed by atoms with E-state index in [-0.39, 0.29) is 0 Å². The highest BCUT2D eigenvalue weighted by molar-refractivity contribution is 5.63. The van der Waals surface area contributed by atoms with Crippen LogP contribution in [-0.4, -0.2) is 0 Å². The molecule has 132 valence electrons. The summed E-state index contributed by atoms with van der Waals surface area (Å²) in [6.07, 6.45) is 16.3. The summed E-state index contributed by atoms with van der Waals surface area (Å²) in [6.45, 7) is 2.30. The van der Waals surface area contributed by atoms with Crippen molar-refractivity contribution in [1.82, 2.24) is 0 Å². The largest absolute Gasteiger partial charge is 0.204 e. The Hall–Kier alpha value is -1.18. The van der Waals surface area contributed by atoms with E-state index in [1.165, 1.54) is 75.5 Å². The van der Waals surface area contributed by atoms with Gasteiger partial charge in [0.15, 0.2) is 11.6 Å². The van der Waals surface area contributed by atoms with E-state index in [4.69, 9.17) is 0 Å². The van der Waals surface area contributed by atoms with Crippen LogP contribution in [0.25, 0.3) is 6.08 Å². The van der Waals surface area contributed by atoms with Crippen molar-refractivity contribution in [2.75, 3.05) is 0 Å². The van der Waals surface area contributed by atoms with Gasteiger partial charge in [0.2, 0.25) is 0 Å². The van der Waals surface area contributed by atoms with E-state index in [1.54, 1.807) is 0 Å². The van der Waals surface area contributed by atoms with Gasteiger partial charge in [-0.2, -0.15) is 0 Å². The Balaban J connectivity index is 1.36. The summed E-state index contributed by atoms with van der Waals surface area (Å²) in [7, 11) is 0. The number of allylic oxidation sites excluding steroid dienone is 1. The monoisotopic (exact) mass is 332 g/mol. The molecule has 0 amide bonds. The Kier molecular flexibility index (Phi) is 6.08. The van der Waals surface area contributed by atoms with Crippen molar-refractivity contribution in [3.8, 4) is 0 Å². The lowest BCUT2D eigenvalue weighted by atomic mass is 9.78. The molecule has 0 unspecified atom stereocenters. The number of benzene rings is 1. The molecule has 1 fully saturated rings. The molecule has 0 N–H and O–H groups in total. The fraction of sp³-hybridized carbons (Fsp3) is 0.636. The number of fused-ring (bicyclic) bond motifs is 1. The lowest BCUT2D eigenvalue weighted by molar-refractivity contribution is 0.248. The SMILES string of the molecule is CCCC1CCC(CCCCC2=Cc3cc(F)c(F)cc3C2)CC1. The van der Waals surface area contributed by atoms with Crippen LogP contribution in [0.5, 0.6) is 0 Å². The molecule has 1 saturated carbocycles. The predicted octanol–water partition coefficient (Wildman–Crippen LogP) is 7.07. The third-order valence-corrected chi connectivity index (χ3v) is 5.98. The first-order valence-corrected chi connectivity index (χ1v) is 9.83. The molecule has 0 saturated heterocycles. The lowest BCUT2D eigenvalue weighted by Gasteiger charge is -2.28. The first-order valence-electron chi connectivity index (χ1n) is 9.83. The number of rotatable bonds is 7. The van der Waals surface area contributed by atoms with Gasteiger partial charge in [-0.05, 0) is 54.4 Å². The van der Waals surface area contributed by atoms with Crippen molar-refractivity contribution in [3.05, 3.63) is 40.5 Å². The van der Waals surface area contributed by atoms with Gasteiger partial charge in [-0.15, -0.1) is 0 Å². The molecule has 0 heterocycles. The van der Waals surface area contributed by atoms with Crippen molar-refractivity contribution >= 4 is 6.08 Å². The van der Waals surface area contributed by atoms with Crippen LogP contribution in [0.3, 0.4) is 0 Å². The molecule has 0 aromatic heterocycles. The first-order chi connectivity index (χ1) is 11.7. The van der Waals surface area contributed by atoms with E-state index in [0.29, 0.717) is 0 Å². The number of hydrogen-bond donors (Lipinski definition) is 0. The van der Waals surface area contributed by atoms with Crippen LogP contribution in [-0.2, 0) is 6.42 Å². The first kappa shape index (κ1) is 17.6. The molecule has 2 aliphatic carbocycles. The second-order valence-electron chi connectivity index (χ2n) is 7.87. The van der Waals surface area contributed by atoms with E-state index < -0.39 is 11.6 Å². The Morgan fingerprint density at radius 2 is 1.58 bits per heavy atom. The fourth-order valence-electron chi connectivity index (χ4n) is 4.57. The summed E-state index contributed by atoms with van der Waals surface area (Å²) in [5.74, 6) is 0.484. The zero-order valence-corrected chi connectivity index (χ0v) is 14.9. The highest BCUT2D eigenvalue weighted by Crippen LogP contribution is 2.35. The van der Waals surface area contributed by atoms with E-state index in [9.17, 15) is 8.78 Å². The average Bonchev–Trinajstić information content (AvgIpc) is 2.95. The summed E-state index contributed by atoms with van der Waals surface area (Å²) in [4.78, 5) is 0. The van der Waals surface area contributed by atoms with Crippen molar-refractivity contribution < 1.29 is 8.78 Å². The minimum Gasteiger partial charge on any atom is -0.204 e. The van der Waals surface area contributed by atoms with E-state index in [0.717, 1.165) is 35.8 Å². The molecular weight excluding hydrogens is 302 g/mol. The molecule has 2 heteroatoms. The van der Waals surface area contributed by atoms with Gasteiger partial charge in [0.25, 0.3) is 0 Å². The minimum absolute atomic E-state index is 0.720. The van der Waals surface area contributed by atoms with Crippen molar-refractivity contribution in [2.45, 2.75) is 77.6 Å². The van der Waals surface area contributed by atoms with E-state index in [2.05, 4.69) is 13.0 Å². The van der Waals surface area contributed by atoms with Crippen LogP contribution in [0.2, 0.25) is 0 Å². The Labute approximate surface area is 145 Å². The maximum atomic E-state index is 13.3. The van der Waals surface area contributed by atoms with Gasteiger partial charge in [-0.1, -0.05) is 69.9 Å². The van der Waals surface area contributed by atoms with Gasteiger partial charge >= 0.3 is 0 Å².